The van der Waals surface area contributed by atoms with Gasteiger partial charge < -0.3 is 0 Å². The van der Waals surface area contributed by atoms with Gasteiger partial charge in [0.1, 0.15) is 12.1 Å². The van der Waals surface area contributed by atoms with Crippen molar-refractivity contribution in [2.24, 2.45) is 0 Å². The van der Waals surface area contributed by atoms with Gasteiger partial charge in [0.05, 0.1) is 0 Å². The number of aromatic nitrogens is 2. The van der Waals surface area contributed by atoms with Crippen molar-refractivity contribution in [2.75, 3.05) is 5.43 Å². The van der Waals surface area contributed by atoms with E-state index in [4.69, 9.17) is 11.8 Å². The molecule has 0 fully saturated rings. The molecule has 9 heavy (non-hydrogen) atoms. The minimum atomic E-state index is 0.639. The minimum absolute atomic E-state index is 0.639. The van der Waals surface area contributed by atoms with E-state index in [1.54, 1.807) is 12.3 Å². The standard InChI is InChI=1S/C4H5ClN4/c5-9-8-4-1-2-6-3-7-4/h1-3,9H,(H,6,7,8). The van der Waals surface area contributed by atoms with Gasteiger partial charge in [0.25, 0.3) is 0 Å². The van der Waals surface area contributed by atoms with E-state index in [0.29, 0.717) is 5.82 Å². The Hall–Kier alpha value is -0.870. The fraction of sp³-hybridized carbons (Fsp3) is 0. The molecule has 5 heteroatoms. The van der Waals surface area contributed by atoms with E-state index >= 15 is 0 Å². The molecule has 0 saturated heterocycles. The number of nitrogens with zero attached hydrogens (tertiary/aromatic N) is 2. The summed E-state index contributed by atoms with van der Waals surface area (Å²) in [5.41, 5.74) is 2.57. The van der Waals surface area contributed by atoms with Crippen molar-refractivity contribution in [3.63, 3.8) is 0 Å². The molecular formula is C4H5ClN4. The second kappa shape index (κ2) is 3.21. The van der Waals surface area contributed by atoms with Gasteiger partial charge in [-0.25, -0.2) is 9.97 Å². The lowest BCUT2D eigenvalue weighted by Crippen LogP contribution is -2.09. The van der Waals surface area contributed by atoms with Crippen LogP contribution in [0.3, 0.4) is 0 Å². The van der Waals surface area contributed by atoms with E-state index in [9.17, 15) is 0 Å². The molecule has 0 saturated carbocycles. The third-order valence-electron chi connectivity index (χ3n) is 0.757. The van der Waals surface area contributed by atoms with Crippen molar-refractivity contribution in [1.29, 1.82) is 0 Å². The summed E-state index contributed by atoms with van der Waals surface area (Å²) in [6.07, 6.45) is 3.04. The molecule has 0 atom stereocenters. The average Bonchev–Trinajstić information content (AvgIpc) is 1.91. The fourth-order valence-corrected chi connectivity index (χ4v) is 0.510. The molecule has 0 amide bonds. The third kappa shape index (κ3) is 1.83. The zero-order valence-electron chi connectivity index (χ0n) is 4.50. The summed E-state index contributed by atoms with van der Waals surface area (Å²) in [5, 5.41) is 0. The summed E-state index contributed by atoms with van der Waals surface area (Å²) in [5.74, 6) is 0.639. The van der Waals surface area contributed by atoms with Gasteiger partial charge in [-0.2, -0.15) is 0 Å². The smallest absolute Gasteiger partial charge is 0.144 e. The molecule has 1 aromatic heterocycles. The van der Waals surface area contributed by atoms with Crippen molar-refractivity contribution in [1.82, 2.24) is 14.9 Å². The number of hydrogen-bond acceptors (Lipinski definition) is 4. The molecular weight excluding hydrogens is 140 g/mol. The highest BCUT2D eigenvalue weighted by atomic mass is 35.5. The number of rotatable bonds is 2. The Morgan fingerprint density at radius 3 is 3.00 bits per heavy atom. The molecule has 0 radical (unpaired) electrons. The molecule has 0 aliphatic carbocycles. The van der Waals surface area contributed by atoms with Crippen LogP contribution in [0.1, 0.15) is 0 Å². The Morgan fingerprint density at radius 2 is 2.44 bits per heavy atom. The Labute approximate surface area is 57.4 Å². The first-order valence-electron chi connectivity index (χ1n) is 2.31. The molecule has 4 nitrogen and oxygen atoms in total. The van der Waals surface area contributed by atoms with Crippen LogP contribution in [0.2, 0.25) is 0 Å². The predicted octanol–water partition coefficient (Wildman–Crippen LogP) is 0.547. The van der Waals surface area contributed by atoms with E-state index in [1.165, 1.54) is 6.33 Å². The molecule has 1 heterocycles. The van der Waals surface area contributed by atoms with Crippen LogP contribution >= 0.6 is 11.8 Å². The van der Waals surface area contributed by atoms with Crippen molar-refractivity contribution >= 4 is 17.6 Å². The maximum Gasteiger partial charge on any atom is 0.144 e. The number of hydrazine groups is 1. The quantitative estimate of drug-likeness (QED) is 0.470. The van der Waals surface area contributed by atoms with Gasteiger partial charge in [-0.15, -0.1) is 4.94 Å². The molecule has 0 unspecified atom stereocenters. The first kappa shape index (κ1) is 6.25. The van der Waals surface area contributed by atoms with Crippen LogP contribution in [-0.2, 0) is 0 Å². The molecule has 1 rings (SSSR count). The molecule has 0 aliphatic rings. The Bertz CT molecular complexity index is 165. The van der Waals surface area contributed by atoms with E-state index in [0.717, 1.165) is 0 Å². The summed E-state index contributed by atoms with van der Waals surface area (Å²) in [6.45, 7) is 0. The van der Waals surface area contributed by atoms with Crippen molar-refractivity contribution in [2.45, 2.75) is 0 Å². The molecule has 0 aliphatic heterocycles. The predicted molar refractivity (Wildman–Crippen MR) is 34.6 cm³/mol. The summed E-state index contributed by atoms with van der Waals surface area (Å²) in [4.78, 5) is 9.72. The Balaban J connectivity index is 2.61. The molecule has 0 aromatic carbocycles. The summed E-state index contributed by atoms with van der Waals surface area (Å²) < 4.78 is 0. The Kier molecular flexibility index (Phi) is 2.23. The number of halogens is 1. The summed E-state index contributed by atoms with van der Waals surface area (Å²) >= 11 is 5.11. The fourth-order valence-electron chi connectivity index (χ4n) is 0.413. The normalized spacial score (nSPS) is 9.00. The monoisotopic (exact) mass is 144 g/mol. The van der Waals surface area contributed by atoms with Crippen LogP contribution in [-0.4, -0.2) is 9.97 Å². The molecule has 48 valence electrons. The summed E-state index contributed by atoms with van der Waals surface area (Å²) in [6, 6.07) is 1.69. The first-order chi connectivity index (χ1) is 4.43. The van der Waals surface area contributed by atoms with E-state index < -0.39 is 0 Å². The highest BCUT2D eigenvalue weighted by molar-refractivity contribution is 6.13. The van der Waals surface area contributed by atoms with Crippen molar-refractivity contribution < 1.29 is 0 Å². The van der Waals surface area contributed by atoms with Crippen LogP contribution < -0.4 is 10.4 Å². The van der Waals surface area contributed by atoms with Gasteiger partial charge in [-0.1, -0.05) is 0 Å². The van der Waals surface area contributed by atoms with Crippen LogP contribution in [0.15, 0.2) is 18.6 Å². The molecule has 0 spiro atoms. The van der Waals surface area contributed by atoms with Gasteiger partial charge in [0, 0.05) is 12.3 Å². The second-order valence-electron chi connectivity index (χ2n) is 1.31. The maximum absolute atomic E-state index is 5.11. The van der Waals surface area contributed by atoms with E-state index in [-0.39, 0.29) is 0 Å². The summed E-state index contributed by atoms with van der Waals surface area (Å²) in [7, 11) is 0. The van der Waals surface area contributed by atoms with Crippen LogP contribution in [0, 0.1) is 0 Å². The number of anilines is 1. The van der Waals surface area contributed by atoms with Crippen LogP contribution in [0.25, 0.3) is 0 Å². The van der Waals surface area contributed by atoms with Crippen LogP contribution in [0.4, 0.5) is 5.82 Å². The first-order valence-corrected chi connectivity index (χ1v) is 2.69. The van der Waals surface area contributed by atoms with E-state index in [1.807, 2.05) is 0 Å². The lowest BCUT2D eigenvalue weighted by molar-refractivity contribution is 1.10. The molecule has 0 bridgehead atoms. The Morgan fingerprint density at radius 1 is 1.56 bits per heavy atom. The topological polar surface area (TPSA) is 49.8 Å². The highest BCUT2D eigenvalue weighted by Crippen LogP contribution is 1.93. The van der Waals surface area contributed by atoms with Crippen molar-refractivity contribution in [3.8, 4) is 0 Å². The highest BCUT2D eigenvalue weighted by Gasteiger charge is 1.84. The second-order valence-corrected chi connectivity index (χ2v) is 1.50. The van der Waals surface area contributed by atoms with Gasteiger partial charge >= 0.3 is 0 Å². The van der Waals surface area contributed by atoms with Gasteiger partial charge in [0.2, 0.25) is 0 Å². The molecule has 2 N–H and O–H groups in total. The van der Waals surface area contributed by atoms with Gasteiger partial charge in [-0.05, 0) is 11.8 Å². The average molecular weight is 145 g/mol. The van der Waals surface area contributed by atoms with Gasteiger partial charge in [-0.3, -0.25) is 5.43 Å². The molecule has 1 aromatic rings. The lowest BCUT2D eigenvalue weighted by Gasteiger charge is -1.96. The minimum Gasteiger partial charge on any atom is -0.292 e. The zero-order chi connectivity index (χ0) is 6.53. The number of hydrogen-bond donors (Lipinski definition) is 2. The lowest BCUT2D eigenvalue weighted by atomic mass is 10.6. The van der Waals surface area contributed by atoms with Gasteiger partial charge in [0.15, 0.2) is 0 Å². The van der Waals surface area contributed by atoms with Crippen molar-refractivity contribution in [3.05, 3.63) is 18.6 Å². The zero-order valence-corrected chi connectivity index (χ0v) is 5.26. The van der Waals surface area contributed by atoms with Crippen LogP contribution in [0.5, 0.6) is 0 Å². The number of nitrogens with one attached hydrogen (secondary N) is 2. The van der Waals surface area contributed by atoms with E-state index in [2.05, 4.69) is 20.3 Å². The maximum atomic E-state index is 5.11. The largest absolute Gasteiger partial charge is 0.292 e. The SMILES string of the molecule is ClNNc1ccncn1. The third-order valence-corrected chi connectivity index (χ3v) is 0.852.